The standard InChI is InChI=1S/C88H52N2OS2/c1-2-13-53(14-3-1)57-17-10-18-65(45-57)89-78-38-31-58(46-70(78)71-48-60(33-39-79(71)89)62-35-42-85-74(50-62)68-20-7-9-26-84(68)92-85)54-27-29-55(30-28-54)59-32-40-80-72(47-59)73-49-61(34-41-81(73)90(80)77-23-11-16-56-15-4-5-19-66(56)77)63-36-43-86-75(51-63)76-52-64(37-44-87(76)93-86)67-22-12-25-83-88(67)69-21-6-8-24-82(69)91-83/h1-52H. The molecule has 0 saturated carbocycles. The van der Waals surface area contributed by atoms with Gasteiger partial charge in [0.25, 0.3) is 0 Å². The monoisotopic (exact) mass is 1220 g/mol. The zero-order chi connectivity index (χ0) is 60.8. The minimum atomic E-state index is 0.911. The van der Waals surface area contributed by atoms with E-state index in [1.807, 2.05) is 28.7 Å². The van der Waals surface area contributed by atoms with Gasteiger partial charge in [0.15, 0.2) is 0 Å². The molecule has 0 spiro atoms. The highest BCUT2D eigenvalue weighted by Gasteiger charge is 2.21. The molecule has 0 radical (unpaired) electrons. The number of aromatic nitrogens is 2. The first-order valence-electron chi connectivity index (χ1n) is 31.8. The largest absolute Gasteiger partial charge is 0.456 e. The quantitative estimate of drug-likeness (QED) is 0.149. The van der Waals surface area contributed by atoms with Crippen molar-refractivity contribution in [2.45, 2.75) is 0 Å². The number of benzene rings is 15. The minimum Gasteiger partial charge on any atom is -0.456 e. The molecule has 5 aromatic heterocycles. The maximum atomic E-state index is 6.34. The van der Waals surface area contributed by atoms with Crippen LogP contribution in [-0.2, 0) is 0 Å². The van der Waals surface area contributed by atoms with Gasteiger partial charge < -0.3 is 13.6 Å². The number of hydrogen-bond acceptors (Lipinski definition) is 3. The molecule has 3 nitrogen and oxygen atoms in total. The normalized spacial score (nSPS) is 12.1. The van der Waals surface area contributed by atoms with E-state index in [4.69, 9.17) is 4.42 Å². The van der Waals surface area contributed by atoms with E-state index in [0.717, 1.165) is 27.6 Å². The highest BCUT2D eigenvalue weighted by molar-refractivity contribution is 7.26. The van der Waals surface area contributed by atoms with Crippen LogP contribution in [-0.4, -0.2) is 9.13 Å². The van der Waals surface area contributed by atoms with E-state index < -0.39 is 0 Å². The maximum absolute atomic E-state index is 6.34. The second-order valence-corrected chi connectivity index (χ2v) is 26.9. The van der Waals surface area contributed by atoms with Crippen molar-refractivity contribution in [1.29, 1.82) is 0 Å². The number of para-hydroxylation sites is 1. The van der Waals surface area contributed by atoms with E-state index in [1.165, 1.54) is 167 Å². The van der Waals surface area contributed by atoms with Gasteiger partial charge in [0, 0.05) is 83.7 Å². The topological polar surface area (TPSA) is 23.0 Å². The summed E-state index contributed by atoms with van der Waals surface area (Å²) in [5.74, 6) is 0. The summed E-state index contributed by atoms with van der Waals surface area (Å²) < 4.78 is 16.5. The molecule has 0 bridgehead atoms. The molecule has 0 amide bonds. The molecular weight excluding hydrogens is 1170 g/mol. The molecule has 0 fully saturated rings. The lowest BCUT2D eigenvalue weighted by atomic mass is 9.96. The van der Waals surface area contributed by atoms with Crippen LogP contribution in [0.3, 0.4) is 0 Å². The zero-order valence-corrected chi connectivity index (χ0v) is 51.8. The van der Waals surface area contributed by atoms with Crippen molar-refractivity contribution in [2.75, 3.05) is 0 Å². The maximum Gasteiger partial charge on any atom is 0.136 e. The lowest BCUT2D eigenvalue weighted by Gasteiger charge is -2.12. The Hall–Kier alpha value is -11.6. The molecule has 0 N–H and O–H groups in total. The Labute approximate surface area is 542 Å². The Kier molecular flexibility index (Phi) is 11.5. The fourth-order valence-electron chi connectivity index (χ4n) is 15.1. The van der Waals surface area contributed by atoms with Gasteiger partial charge in [-0.15, -0.1) is 22.7 Å². The van der Waals surface area contributed by atoms with Crippen molar-refractivity contribution in [3.05, 3.63) is 315 Å². The first-order valence-corrected chi connectivity index (χ1v) is 33.4. The average molecular weight is 1220 g/mol. The van der Waals surface area contributed by atoms with Crippen molar-refractivity contribution < 1.29 is 4.42 Å². The molecule has 15 aromatic carbocycles. The van der Waals surface area contributed by atoms with Gasteiger partial charge in [-0.1, -0.05) is 194 Å². The minimum absolute atomic E-state index is 0.911. The molecule has 5 heteroatoms. The van der Waals surface area contributed by atoms with Crippen molar-refractivity contribution in [3.63, 3.8) is 0 Å². The third-order valence-corrected chi connectivity index (χ3v) is 21.8. The Morgan fingerprint density at radius 1 is 0.226 bits per heavy atom. The highest BCUT2D eigenvalue weighted by Crippen LogP contribution is 2.46. The molecule has 432 valence electrons. The molecule has 20 rings (SSSR count). The van der Waals surface area contributed by atoms with Crippen LogP contribution in [0.2, 0.25) is 0 Å². The predicted octanol–water partition coefficient (Wildman–Crippen LogP) is 25.7. The van der Waals surface area contributed by atoms with Crippen molar-refractivity contribution in [1.82, 2.24) is 9.13 Å². The van der Waals surface area contributed by atoms with Crippen LogP contribution in [0.25, 0.3) is 195 Å². The van der Waals surface area contributed by atoms with Gasteiger partial charge in [0.1, 0.15) is 11.2 Å². The summed E-state index contributed by atoms with van der Waals surface area (Å²) in [6.45, 7) is 0. The summed E-state index contributed by atoms with van der Waals surface area (Å²) in [5, 5.41) is 14.8. The molecule has 20 aromatic rings. The van der Waals surface area contributed by atoms with Gasteiger partial charge in [0.05, 0.1) is 27.8 Å². The Morgan fingerprint density at radius 3 is 1.26 bits per heavy atom. The molecule has 0 aliphatic rings. The number of nitrogens with zero attached hydrogens (tertiary/aromatic N) is 2. The van der Waals surface area contributed by atoms with E-state index in [0.29, 0.717) is 0 Å². The summed E-state index contributed by atoms with van der Waals surface area (Å²) in [4.78, 5) is 0. The lowest BCUT2D eigenvalue weighted by molar-refractivity contribution is 0.669. The van der Waals surface area contributed by atoms with Crippen molar-refractivity contribution >= 4 is 139 Å². The Balaban J connectivity index is 0.699. The number of furan rings is 1. The second kappa shape index (κ2) is 20.5. The third-order valence-electron chi connectivity index (χ3n) is 19.5. The first-order chi connectivity index (χ1) is 46.0. The molecule has 0 aliphatic carbocycles. The number of rotatable bonds is 8. The summed E-state index contributed by atoms with van der Waals surface area (Å²) >= 11 is 3.73. The second-order valence-electron chi connectivity index (χ2n) is 24.7. The Bertz CT molecular complexity index is 6480. The third kappa shape index (κ3) is 8.27. The number of hydrogen-bond donors (Lipinski definition) is 0. The van der Waals surface area contributed by atoms with Gasteiger partial charge in [-0.25, -0.2) is 0 Å². The van der Waals surface area contributed by atoms with Crippen molar-refractivity contribution in [2.24, 2.45) is 0 Å². The number of thiophene rings is 2. The molecule has 0 unspecified atom stereocenters. The summed E-state index contributed by atoms with van der Waals surface area (Å²) in [7, 11) is 0. The molecular formula is C88H52N2OS2. The van der Waals surface area contributed by atoms with Gasteiger partial charge in [-0.2, -0.15) is 0 Å². The SMILES string of the molecule is c1ccc(-c2cccc(-n3c4ccc(-c5ccc(-c6ccc7c(c6)c6cc(-c8ccc9sc%10ccc(-c%11cccc%12oc%13ccccc%13c%11%12)cc%10c9c8)ccc6n7-c6cccc7ccccc67)cc5)cc4c4cc(-c5ccc6sc7ccccc7c6c5)ccc43)c2)cc1. The first kappa shape index (κ1) is 52.2. The Morgan fingerprint density at radius 2 is 0.624 bits per heavy atom. The van der Waals surface area contributed by atoms with Crippen LogP contribution >= 0.6 is 22.7 Å². The van der Waals surface area contributed by atoms with Gasteiger partial charge >= 0.3 is 0 Å². The van der Waals surface area contributed by atoms with E-state index in [9.17, 15) is 0 Å². The summed E-state index contributed by atoms with van der Waals surface area (Å²) in [5.41, 5.74) is 23.1. The van der Waals surface area contributed by atoms with Crippen LogP contribution in [0.4, 0.5) is 0 Å². The summed E-state index contributed by atoms with van der Waals surface area (Å²) in [6.07, 6.45) is 0. The fraction of sp³-hybridized carbons (Fsp3) is 0. The zero-order valence-electron chi connectivity index (χ0n) is 50.1. The van der Waals surface area contributed by atoms with Crippen LogP contribution in [0.15, 0.2) is 320 Å². The molecule has 0 atom stereocenters. The van der Waals surface area contributed by atoms with Crippen molar-refractivity contribution in [3.8, 4) is 78.1 Å². The molecule has 5 heterocycles. The van der Waals surface area contributed by atoms with E-state index in [1.54, 1.807) is 0 Å². The van der Waals surface area contributed by atoms with Crippen LogP contribution < -0.4 is 0 Å². The van der Waals surface area contributed by atoms with E-state index in [-0.39, 0.29) is 0 Å². The smallest absolute Gasteiger partial charge is 0.136 e. The van der Waals surface area contributed by atoms with E-state index in [2.05, 4.69) is 319 Å². The van der Waals surface area contributed by atoms with Gasteiger partial charge in [-0.05, 0) is 193 Å². The van der Waals surface area contributed by atoms with Gasteiger partial charge in [-0.3, -0.25) is 0 Å². The predicted molar refractivity (Wildman–Crippen MR) is 398 cm³/mol. The molecule has 0 saturated heterocycles. The van der Waals surface area contributed by atoms with Crippen LogP contribution in [0, 0.1) is 0 Å². The molecule has 0 aliphatic heterocycles. The fourth-order valence-corrected chi connectivity index (χ4v) is 17.2. The van der Waals surface area contributed by atoms with Crippen LogP contribution in [0.1, 0.15) is 0 Å². The lowest BCUT2D eigenvalue weighted by Crippen LogP contribution is -1.95. The summed E-state index contributed by atoms with van der Waals surface area (Å²) in [6, 6.07) is 117. The van der Waals surface area contributed by atoms with E-state index >= 15 is 0 Å². The number of fused-ring (bicyclic) bond motifs is 16. The average Bonchev–Trinajstić information content (AvgIpc) is 1.64. The van der Waals surface area contributed by atoms with Gasteiger partial charge in [0.2, 0.25) is 0 Å². The molecule has 93 heavy (non-hydrogen) atoms. The highest BCUT2D eigenvalue weighted by atomic mass is 32.1. The van der Waals surface area contributed by atoms with Crippen LogP contribution in [0.5, 0.6) is 0 Å².